The minimum absolute atomic E-state index is 0.161. The van der Waals surface area contributed by atoms with E-state index in [2.05, 4.69) is 30.3 Å². The quantitative estimate of drug-likeness (QED) is 0.212. The molecule has 1 fully saturated rings. The Morgan fingerprint density at radius 2 is 1.83 bits per heavy atom. The topological polar surface area (TPSA) is 131 Å². The molecule has 0 aliphatic carbocycles. The van der Waals surface area contributed by atoms with Gasteiger partial charge in [-0.25, -0.2) is 23.4 Å². The van der Waals surface area contributed by atoms with E-state index < -0.39 is 10.0 Å². The second-order valence-electron chi connectivity index (χ2n) is 10.2. The van der Waals surface area contributed by atoms with Gasteiger partial charge in [-0.05, 0) is 73.8 Å². The molecule has 11 heteroatoms. The maximum Gasteiger partial charge on any atom is 0.236 e. The molecule has 3 aromatic heterocycles. The second kappa shape index (κ2) is 12.1. The number of sulfonamides is 1. The summed E-state index contributed by atoms with van der Waals surface area (Å²) in [4.78, 5) is 17.7. The predicted molar refractivity (Wildman–Crippen MR) is 164 cm³/mol. The van der Waals surface area contributed by atoms with Crippen LogP contribution in [0.4, 0.5) is 11.6 Å². The Hall–Kier alpha value is -4.61. The van der Waals surface area contributed by atoms with Crippen LogP contribution < -0.4 is 20.1 Å². The third-order valence-electron chi connectivity index (χ3n) is 7.11. The van der Waals surface area contributed by atoms with Crippen molar-refractivity contribution in [3.63, 3.8) is 0 Å². The lowest BCUT2D eigenvalue weighted by Gasteiger charge is -2.23. The Morgan fingerprint density at radius 3 is 2.67 bits per heavy atom. The molecule has 214 valence electrons. The van der Waals surface area contributed by atoms with Gasteiger partial charge < -0.3 is 15.4 Å². The van der Waals surface area contributed by atoms with Crippen LogP contribution >= 0.6 is 0 Å². The van der Waals surface area contributed by atoms with Crippen LogP contribution in [0.1, 0.15) is 24.0 Å². The van der Waals surface area contributed by atoms with Crippen molar-refractivity contribution in [2.45, 2.75) is 31.6 Å². The highest BCUT2D eigenvalue weighted by molar-refractivity contribution is 7.91. The number of rotatable bonds is 9. The SMILES string of the molecule is Cc1ccc2c(NS(=O)(=O)Cc3ccncc3)cccc2c1Oc1ncccc1-c1ccnc(NC2CCCNC2)n1. The van der Waals surface area contributed by atoms with Crippen LogP contribution in [-0.4, -0.2) is 47.5 Å². The lowest BCUT2D eigenvalue weighted by atomic mass is 10.0. The van der Waals surface area contributed by atoms with Crippen LogP contribution in [0.25, 0.3) is 22.0 Å². The van der Waals surface area contributed by atoms with E-state index in [0.29, 0.717) is 39.9 Å². The van der Waals surface area contributed by atoms with Crippen molar-refractivity contribution in [1.29, 1.82) is 0 Å². The summed E-state index contributed by atoms with van der Waals surface area (Å²) in [6.07, 6.45) is 8.72. The number of nitrogens with one attached hydrogen (secondary N) is 3. The largest absolute Gasteiger partial charge is 0.437 e. The Morgan fingerprint density at radius 1 is 0.952 bits per heavy atom. The van der Waals surface area contributed by atoms with Gasteiger partial charge >= 0.3 is 0 Å². The molecule has 0 spiro atoms. The molecule has 0 radical (unpaired) electrons. The zero-order chi connectivity index (χ0) is 28.9. The zero-order valence-corrected chi connectivity index (χ0v) is 23.9. The van der Waals surface area contributed by atoms with Crippen molar-refractivity contribution in [2.24, 2.45) is 0 Å². The standard InChI is InChI=1S/C31H31N7O3S/c1-21-9-10-24-25(6-2-8-28(24)38-42(39,40)20-22-11-16-32-17-12-22)29(21)41-30-26(7-4-15-34-30)27-13-18-35-31(37-27)36-23-5-3-14-33-19-23/h2,4,6-13,15-18,23,33,38H,3,5,14,19-20H2,1H3,(H,35,36,37). The number of nitrogens with zero attached hydrogens (tertiary/aromatic N) is 4. The lowest BCUT2D eigenvalue weighted by Crippen LogP contribution is -2.38. The van der Waals surface area contributed by atoms with E-state index in [4.69, 9.17) is 9.72 Å². The summed E-state index contributed by atoms with van der Waals surface area (Å²) in [5.74, 6) is 1.37. The summed E-state index contributed by atoms with van der Waals surface area (Å²) in [6, 6.07) is 18.5. The van der Waals surface area contributed by atoms with Gasteiger partial charge in [-0.3, -0.25) is 9.71 Å². The number of hydrogen-bond donors (Lipinski definition) is 3. The van der Waals surface area contributed by atoms with E-state index in [1.165, 1.54) is 0 Å². The number of benzene rings is 2. The lowest BCUT2D eigenvalue weighted by molar-refractivity contribution is 0.466. The molecule has 1 unspecified atom stereocenters. The van der Waals surface area contributed by atoms with E-state index in [0.717, 1.165) is 42.4 Å². The third-order valence-corrected chi connectivity index (χ3v) is 8.36. The van der Waals surface area contributed by atoms with Gasteiger partial charge in [0.1, 0.15) is 5.75 Å². The highest BCUT2D eigenvalue weighted by Gasteiger charge is 2.19. The molecule has 3 N–H and O–H groups in total. The molecular formula is C31H31N7O3S. The molecular weight excluding hydrogens is 550 g/mol. The van der Waals surface area contributed by atoms with Crippen LogP contribution in [-0.2, 0) is 15.8 Å². The van der Waals surface area contributed by atoms with Crippen LogP contribution in [0.2, 0.25) is 0 Å². The first-order valence-corrected chi connectivity index (χ1v) is 15.5. The van der Waals surface area contributed by atoms with Crippen molar-refractivity contribution in [3.05, 3.63) is 96.6 Å². The smallest absolute Gasteiger partial charge is 0.236 e. The molecule has 1 atom stereocenters. The second-order valence-corrected chi connectivity index (χ2v) is 12.0. The number of fused-ring (bicyclic) bond motifs is 1. The molecule has 4 heterocycles. The van der Waals surface area contributed by atoms with E-state index in [9.17, 15) is 8.42 Å². The summed E-state index contributed by atoms with van der Waals surface area (Å²) in [6.45, 7) is 3.85. The Kier molecular flexibility index (Phi) is 7.93. The van der Waals surface area contributed by atoms with Gasteiger partial charge in [0, 0.05) is 48.1 Å². The Balaban J connectivity index is 1.30. The number of anilines is 2. The fraction of sp³-hybridized carbons (Fsp3) is 0.226. The number of piperidine rings is 1. The number of ether oxygens (including phenoxy) is 1. The van der Waals surface area contributed by atoms with E-state index in [1.807, 2.05) is 43.3 Å². The summed E-state index contributed by atoms with van der Waals surface area (Å²) in [5.41, 5.74) is 3.40. The zero-order valence-electron chi connectivity index (χ0n) is 23.1. The molecule has 1 aliphatic heterocycles. The maximum atomic E-state index is 13.0. The van der Waals surface area contributed by atoms with Crippen molar-refractivity contribution < 1.29 is 13.2 Å². The monoisotopic (exact) mass is 581 g/mol. The molecule has 0 amide bonds. The molecule has 0 bridgehead atoms. The highest BCUT2D eigenvalue weighted by Crippen LogP contribution is 2.39. The first-order valence-electron chi connectivity index (χ1n) is 13.8. The number of pyridine rings is 2. The fourth-order valence-corrected chi connectivity index (χ4v) is 6.28. The van der Waals surface area contributed by atoms with Gasteiger partial charge in [-0.15, -0.1) is 0 Å². The van der Waals surface area contributed by atoms with Gasteiger partial charge in [0.2, 0.25) is 21.9 Å². The van der Waals surface area contributed by atoms with E-state index in [1.54, 1.807) is 49.1 Å². The molecule has 1 aliphatic rings. The molecule has 2 aromatic carbocycles. The molecule has 42 heavy (non-hydrogen) atoms. The molecule has 5 aromatic rings. The van der Waals surface area contributed by atoms with Crippen LogP contribution in [0.15, 0.2) is 85.5 Å². The van der Waals surface area contributed by atoms with Gasteiger partial charge in [0.15, 0.2) is 0 Å². The first kappa shape index (κ1) is 27.6. The van der Waals surface area contributed by atoms with Crippen molar-refractivity contribution in [2.75, 3.05) is 23.1 Å². The minimum atomic E-state index is -3.67. The average molecular weight is 582 g/mol. The Bertz CT molecular complexity index is 1810. The van der Waals surface area contributed by atoms with Gasteiger partial charge in [0.05, 0.1) is 22.7 Å². The number of aryl methyl sites for hydroxylation is 1. The normalized spacial score (nSPS) is 15.3. The molecule has 6 rings (SSSR count). The minimum Gasteiger partial charge on any atom is -0.437 e. The van der Waals surface area contributed by atoms with Gasteiger partial charge in [0.25, 0.3) is 0 Å². The molecule has 10 nitrogen and oxygen atoms in total. The number of hydrogen-bond acceptors (Lipinski definition) is 9. The van der Waals surface area contributed by atoms with E-state index in [-0.39, 0.29) is 11.8 Å². The van der Waals surface area contributed by atoms with Crippen molar-refractivity contribution in [1.82, 2.24) is 25.3 Å². The predicted octanol–water partition coefficient (Wildman–Crippen LogP) is 5.29. The van der Waals surface area contributed by atoms with Gasteiger partial charge in [-0.1, -0.05) is 24.3 Å². The van der Waals surface area contributed by atoms with Gasteiger partial charge in [-0.2, -0.15) is 0 Å². The van der Waals surface area contributed by atoms with Crippen LogP contribution in [0.5, 0.6) is 11.6 Å². The summed E-state index contributed by atoms with van der Waals surface area (Å²) in [7, 11) is -3.67. The highest BCUT2D eigenvalue weighted by atomic mass is 32.2. The van der Waals surface area contributed by atoms with Crippen LogP contribution in [0.3, 0.4) is 0 Å². The average Bonchev–Trinajstić information content (AvgIpc) is 3.00. The summed E-state index contributed by atoms with van der Waals surface area (Å²) < 4.78 is 35.3. The van der Waals surface area contributed by atoms with Crippen LogP contribution in [0, 0.1) is 6.92 Å². The molecule has 1 saturated heterocycles. The first-order chi connectivity index (χ1) is 20.4. The van der Waals surface area contributed by atoms with E-state index >= 15 is 0 Å². The number of aromatic nitrogens is 4. The van der Waals surface area contributed by atoms with Crippen molar-refractivity contribution in [3.8, 4) is 22.9 Å². The Labute approximate surface area is 244 Å². The summed E-state index contributed by atoms with van der Waals surface area (Å²) >= 11 is 0. The van der Waals surface area contributed by atoms with Crippen molar-refractivity contribution >= 4 is 32.4 Å². The maximum absolute atomic E-state index is 13.0. The summed E-state index contributed by atoms with van der Waals surface area (Å²) in [5, 5.41) is 8.29. The molecule has 0 saturated carbocycles. The fourth-order valence-electron chi connectivity index (χ4n) is 5.07. The third kappa shape index (κ3) is 6.32.